The van der Waals surface area contributed by atoms with Crippen LogP contribution in [0, 0.1) is 5.82 Å². The molecule has 90 valence electrons. The lowest BCUT2D eigenvalue weighted by atomic mass is 10.2. The largest absolute Gasteiger partial charge is 0.392 e. The third-order valence-corrected chi connectivity index (χ3v) is 2.76. The summed E-state index contributed by atoms with van der Waals surface area (Å²) < 4.78 is 14.9. The van der Waals surface area contributed by atoms with E-state index in [4.69, 9.17) is 5.11 Å². The van der Waals surface area contributed by atoms with Crippen LogP contribution in [0.15, 0.2) is 30.5 Å². The van der Waals surface area contributed by atoms with E-state index in [9.17, 15) is 4.39 Å². The van der Waals surface area contributed by atoms with Crippen molar-refractivity contribution >= 4 is 0 Å². The third kappa shape index (κ3) is 2.53. The molecular weight excluding hydrogens is 219 g/mol. The summed E-state index contributed by atoms with van der Waals surface area (Å²) >= 11 is 0. The quantitative estimate of drug-likeness (QED) is 0.880. The van der Waals surface area contributed by atoms with Gasteiger partial charge in [-0.15, -0.1) is 0 Å². The first-order chi connectivity index (χ1) is 8.24. The standard InChI is InChI=1S/C13H15FN2O/c1-2-13-11(9-17)7-15-16(13)8-10-4-3-5-12(14)6-10/h3-7,17H,2,8-9H2,1H3. The van der Waals surface area contributed by atoms with Crippen molar-refractivity contribution in [1.29, 1.82) is 0 Å². The van der Waals surface area contributed by atoms with E-state index < -0.39 is 0 Å². The highest BCUT2D eigenvalue weighted by Gasteiger charge is 2.08. The van der Waals surface area contributed by atoms with E-state index in [-0.39, 0.29) is 12.4 Å². The van der Waals surface area contributed by atoms with E-state index in [1.165, 1.54) is 12.1 Å². The molecule has 0 aliphatic heterocycles. The minimum atomic E-state index is -0.241. The van der Waals surface area contributed by atoms with Crippen molar-refractivity contribution in [2.45, 2.75) is 26.5 Å². The molecule has 0 fully saturated rings. The first-order valence-electron chi connectivity index (χ1n) is 5.63. The van der Waals surface area contributed by atoms with Crippen molar-refractivity contribution in [3.63, 3.8) is 0 Å². The molecule has 2 aromatic rings. The summed E-state index contributed by atoms with van der Waals surface area (Å²) in [4.78, 5) is 0. The molecule has 3 nitrogen and oxygen atoms in total. The van der Waals surface area contributed by atoms with E-state index in [1.54, 1.807) is 16.9 Å². The number of rotatable bonds is 4. The van der Waals surface area contributed by atoms with E-state index in [0.717, 1.165) is 23.2 Å². The van der Waals surface area contributed by atoms with Crippen molar-refractivity contribution in [3.05, 3.63) is 53.1 Å². The minimum absolute atomic E-state index is 0.00761. The lowest BCUT2D eigenvalue weighted by Crippen LogP contribution is -2.07. The highest BCUT2D eigenvalue weighted by molar-refractivity contribution is 5.21. The molecule has 0 radical (unpaired) electrons. The fraction of sp³-hybridized carbons (Fsp3) is 0.308. The number of aromatic nitrogens is 2. The molecule has 4 heteroatoms. The molecule has 0 bridgehead atoms. The van der Waals surface area contributed by atoms with Crippen LogP contribution >= 0.6 is 0 Å². The lowest BCUT2D eigenvalue weighted by molar-refractivity contribution is 0.280. The van der Waals surface area contributed by atoms with Gasteiger partial charge in [-0.1, -0.05) is 19.1 Å². The van der Waals surface area contributed by atoms with E-state index in [0.29, 0.717) is 6.54 Å². The summed E-state index contributed by atoms with van der Waals surface area (Å²) in [6.45, 7) is 2.53. The normalized spacial score (nSPS) is 10.8. The number of aliphatic hydroxyl groups excluding tert-OH is 1. The Labute approximate surface area is 99.5 Å². The molecule has 0 saturated carbocycles. The maximum atomic E-state index is 13.1. The third-order valence-electron chi connectivity index (χ3n) is 2.76. The fourth-order valence-corrected chi connectivity index (χ4v) is 1.94. The molecule has 0 unspecified atom stereocenters. The van der Waals surface area contributed by atoms with Crippen LogP contribution in [0.2, 0.25) is 0 Å². The summed E-state index contributed by atoms with van der Waals surface area (Å²) in [5, 5.41) is 13.4. The van der Waals surface area contributed by atoms with E-state index in [2.05, 4.69) is 5.10 Å². The molecule has 0 atom stereocenters. The first kappa shape index (κ1) is 11.8. The number of hydrogen-bond acceptors (Lipinski definition) is 2. The van der Waals surface area contributed by atoms with E-state index >= 15 is 0 Å². The van der Waals surface area contributed by atoms with Gasteiger partial charge >= 0.3 is 0 Å². The number of hydrogen-bond donors (Lipinski definition) is 1. The van der Waals surface area contributed by atoms with Crippen LogP contribution < -0.4 is 0 Å². The van der Waals surface area contributed by atoms with Crippen LogP contribution in [0.25, 0.3) is 0 Å². The van der Waals surface area contributed by atoms with Gasteiger partial charge in [0.25, 0.3) is 0 Å². The monoisotopic (exact) mass is 234 g/mol. The lowest BCUT2D eigenvalue weighted by Gasteiger charge is -2.07. The van der Waals surface area contributed by atoms with Crippen molar-refractivity contribution in [2.24, 2.45) is 0 Å². The second kappa shape index (κ2) is 5.10. The van der Waals surface area contributed by atoms with Crippen LogP contribution in [-0.2, 0) is 19.6 Å². The number of benzene rings is 1. The molecule has 1 heterocycles. The van der Waals surface area contributed by atoms with Gasteiger partial charge in [0.05, 0.1) is 19.3 Å². The molecular formula is C13H15FN2O. The Balaban J connectivity index is 2.27. The van der Waals surface area contributed by atoms with Gasteiger partial charge in [-0.3, -0.25) is 4.68 Å². The second-order valence-electron chi connectivity index (χ2n) is 3.92. The summed E-state index contributed by atoms with van der Waals surface area (Å²) in [6.07, 6.45) is 2.46. The van der Waals surface area contributed by atoms with Gasteiger partial charge in [-0.05, 0) is 24.1 Å². The van der Waals surface area contributed by atoms with Gasteiger partial charge in [0.1, 0.15) is 5.82 Å². The van der Waals surface area contributed by atoms with E-state index in [1.807, 2.05) is 13.0 Å². The van der Waals surface area contributed by atoms with Gasteiger partial charge < -0.3 is 5.11 Å². The number of halogens is 1. The van der Waals surface area contributed by atoms with Gasteiger partial charge in [0.15, 0.2) is 0 Å². The molecule has 1 aromatic carbocycles. The zero-order chi connectivity index (χ0) is 12.3. The van der Waals surface area contributed by atoms with Gasteiger partial charge in [0, 0.05) is 11.3 Å². The molecule has 0 amide bonds. The number of aliphatic hydroxyl groups is 1. The van der Waals surface area contributed by atoms with Crippen molar-refractivity contribution in [2.75, 3.05) is 0 Å². The topological polar surface area (TPSA) is 38.1 Å². The van der Waals surface area contributed by atoms with Crippen molar-refractivity contribution in [3.8, 4) is 0 Å². The zero-order valence-corrected chi connectivity index (χ0v) is 9.73. The highest BCUT2D eigenvalue weighted by Crippen LogP contribution is 2.12. The Morgan fingerprint density at radius 3 is 2.88 bits per heavy atom. The van der Waals surface area contributed by atoms with Crippen molar-refractivity contribution in [1.82, 2.24) is 9.78 Å². The maximum absolute atomic E-state index is 13.1. The van der Waals surface area contributed by atoms with Crippen LogP contribution in [0.5, 0.6) is 0 Å². The Morgan fingerprint density at radius 2 is 2.24 bits per heavy atom. The van der Waals surface area contributed by atoms with Crippen LogP contribution in [0.3, 0.4) is 0 Å². The molecule has 0 aliphatic carbocycles. The SMILES string of the molecule is CCc1c(CO)cnn1Cc1cccc(F)c1. The Bertz CT molecular complexity index is 508. The Kier molecular flexibility index (Phi) is 3.54. The average Bonchev–Trinajstić information content (AvgIpc) is 2.71. The maximum Gasteiger partial charge on any atom is 0.123 e. The minimum Gasteiger partial charge on any atom is -0.392 e. The molecule has 0 aliphatic rings. The van der Waals surface area contributed by atoms with Gasteiger partial charge in [0.2, 0.25) is 0 Å². The van der Waals surface area contributed by atoms with Crippen LogP contribution in [0.1, 0.15) is 23.7 Å². The predicted molar refractivity (Wildman–Crippen MR) is 63.0 cm³/mol. The first-order valence-corrected chi connectivity index (χ1v) is 5.63. The van der Waals surface area contributed by atoms with Crippen molar-refractivity contribution < 1.29 is 9.50 Å². The van der Waals surface area contributed by atoms with Gasteiger partial charge in [-0.2, -0.15) is 5.10 Å². The Morgan fingerprint density at radius 1 is 1.41 bits per heavy atom. The predicted octanol–water partition coefficient (Wildman–Crippen LogP) is 2.13. The summed E-state index contributed by atoms with van der Waals surface area (Å²) in [6, 6.07) is 6.47. The highest BCUT2D eigenvalue weighted by atomic mass is 19.1. The van der Waals surface area contributed by atoms with Gasteiger partial charge in [-0.25, -0.2) is 4.39 Å². The summed E-state index contributed by atoms with van der Waals surface area (Å²) in [5.74, 6) is -0.241. The zero-order valence-electron chi connectivity index (χ0n) is 9.73. The summed E-state index contributed by atoms with van der Waals surface area (Å²) in [7, 11) is 0. The van der Waals surface area contributed by atoms with Crippen LogP contribution in [0.4, 0.5) is 4.39 Å². The summed E-state index contributed by atoms with van der Waals surface area (Å²) in [5.41, 5.74) is 2.70. The average molecular weight is 234 g/mol. The van der Waals surface area contributed by atoms with Crippen LogP contribution in [-0.4, -0.2) is 14.9 Å². The smallest absolute Gasteiger partial charge is 0.123 e. The molecule has 1 aromatic heterocycles. The number of nitrogens with zero attached hydrogens (tertiary/aromatic N) is 2. The fourth-order valence-electron chi connectivity index (χ4n) is 1.94. The molecule has 0 saturated heterocycles. The molecule has 1 N–H and O–H groups in total. The molecule has 2 rings (SSSR count). The second-order valence-corrected chi connectivity index (χ2v) is 3.92. The Hall–Kier alpha value is -1.68. The molecule has 0 spiro atoms. The molecule has 17 heavy (non-hydrogen) atoms.